The molecule has 1 nitrogen and oxygen atoms in total. The van der Waals surface area contributed by atoms with Crippen LogP contribution in [0.5, 0.6) is 0 Å². The Kier molecular flexibility index (Phi) is 4.74. The van der Waals surface area contributed by atoms with E-state index >= 15 is 0 Å². The van der Waals surface area contributed by atoms with E-state index in [2.05, 4.69) is 91.9 Å². The molecule has 0 unspecified atom stereocenters. The minimum absolute atomic E-state index is 0.0125. The maximum absolute atomic E-state index is 12.6. The molecule has 0 saturated carbocycles. The van der Waals surface area contributed by atoms with Crippen LogP contribution in [-0.4, -0.2) is 11.9 Å². The molecule has 0 amide bonds. The van der Waals surface area contributed by atoms with Crippen molar-refractivity contribution >= 4 is 29.0 Å². The molecule has 0 fully saturated rings. The van der Waals surface area contributed by atoms with Crippen LogP contribution < -0.4 is 15.9 Å². The number of carbonyl (C=O) groups is 1. The summed E-state index contributed by atoms with van der Waals surface area (Å²) in [5.41, 5.74) is 1.16. The Labute approximate surface area is 156 Å². The van der Waals surface area contributed by atoms with Crippen LogP contribution >= 0.6 is 7.26 Å². The fraction of sp³-hybridized carbons (Fsp3) is 0.208. The van der Waals surface area contributed by atoms with Crippen molar-refractivity contribution in [1.29, 1.82) is 0 Å². The fourth-order valence-electron chi connectivity index (χ4n) is 4.12. The van der Waals surface area contributed by atoms with Gasteiger partial charge in [-0.3, -0.25) is 4.79 Å². The summed E-state index contributed by atoms with van der Waals surface area (Å²) in [6.07, 6.45) is 2.66. The van der Waals surface area contributed by atoms with E-state index in [-0.39, 0.29) is 5.92 Å². The lowest BCUT2D eigenvalue weighted by Gasteiger charge is -2.27. The van der Waals surface area contributed by atoms with Gasteiger partial charge in [-0.2, -0.15) is 0 Å². The molecule has 2 heteroatoms. The normalized spacial score (nSPS) is 19.3. The van der Waals surface area contributed by atoms with Crippen LogP contribution in [0.15, 0.2) is 84.9 Å². The van der Waals surface area contributed by atoms with E-state index in [1.54, 1.807) is 0 Å². The van der Waals surface area contributed by atoms with Gasteiger partial charge in [0.25, 0.3) is 0 Å². The van der Waals surface area contributed by atoms with Crippen LogP contribution in [0.3, 0.4) is 0 Å². The molecule has 0 spiro atoms. The summed E-state index contributed by atoms with van der Waals surface area (Å²) in [7, 11) is -1.76. The van der Waals surface area contributed by atoms with Gasteiger partial charge >= 0.3 is 0 Å². The third-order valence-electron chi connectivity index (χ3n) is 5.60. The molecule has 26 heavy (non-hydrogen) atoms. The van der Waals surface area contributed by atoms with Crippen molar-refractivity contribution in [1.82, 2.24) is 0 Å². The number of Topliss-reactive ketones (excluding diaryl/α,β-unsaturated/α-hetero) is 1. The van der Waals surface area contributed by atoms with Gasteiger partial charge in [0.1, 0.15) is 29.0 Å². The first-order valence-electron chi connectivity index (χ1n) is 9.34. The number of benzene rings is 3. The molecule has 1 aliphatic rings. The second-order valence-electron chi connectivity index (χ2n) is 7.09. The van der Waals surface area contributed by atoms with Gasteiger partial charge < -0.3 is 0 Å². The summed E-state index contributed by atoms with van der Waals surface area (Å²) in [5, 5.41) is 4.21. The quantitative estimate of drug-likeness (QED) is 0.618. The monoisotopic (exact) mass is 359 g/mol. The van der Waals surface area contributed by atoms with Crippen LogP contribution in [-0.2, 0) is 4.79 Å². The third-order valence-corrected chi connectivity index (χ3v) is 10.1. The van der Waals surface area contributed by atoms with Gasteiger partial charge in [-0.15, -0.1) is 0 Å². The summed E-state index contributed by atoms with van der Waals surface area (Å²) in [5.74, 6) is 0.352. The molecular weight excluding hydrogens is 335 g/mol. The van der Waals surface area contributed by atoms with Crippen LogP contribution in [0.1, 0.15) is 31.2 Å². The second-order valence-corrected chi connectivity index (χ2v) is 10.7. The molecule has 0 aliphatic carbocycles. The zero-order valence-corrected chi connectivity index (χ0v) is 16.0. The van der Waals surface area contributed by atoms with Crippen LogP contribution in [0.25, 0.3) is 0 Å². The first-order chi connectivity index (χ1) is 12.7. The number of fused-ring (bicyclic) bond motifs is 2. The average Bonchev–Trinajstić information content (AvgIpc) is 2.74. The predicted octanol–water partition coefficient (Wildman–Crippen LogP) is 4.45. The molecule has 1 aliphatic heterocycles. The lowest BCUT2D eigenvalue weighted by molar-refractivity contribution is -0.120. The zero-order chi connectivity index (χ0) is 18.0. The summed E-state index contributed by atoms with van der Waals surface area (Å²) >= 11 is 0. The van der Waals surface area contributed by atoms with Gasteiger partial charge in [0.05, 0.1) is 6.16 Å². The van der Waals surface area contributed by atoms with Gasteiger partial charge in [0.15, 0.2) is 0 Å². The van der Waals surface area contributed by atoms with Crippen molar-refractivity contribution in [2.45, 2.75) is 25.7 Å². The van der Waals surface area contributed by atoms with Gasteiger partial charge in [-0.05, 0) is 48.4 Å². The molecule has 3 aromatic carbocycles. The Bertz CT molecular complexity index is 862. The molecule has 0 saturated heterocycles. The predicted molar refractivity (Wildman–Crippen MR) is 113 cm³/mol. The Morgan fingerprint density at radius 3 is 1.96 bits per heavy atom. The highest BCUT2D eigenvalue weighted by Crippen LogP contribution is 2.56. The van der Waals surface area contributed by atoms with E-state index in [0.29, 0.717) is 12.2 Å². The van der Waals surface area contributed by atoms with Crippen molar-refractivity contribution in [3.05, 3.63) is 90.5 Å². The highest BCUT2D eigenvalue weighted by atomic mass is 31.2. The van der Waals surface area contributed by atoms with E-state index in [4.69, 9.17) is 0 Å². The number of ketones is 1. The Hall–Kier alpha value is -2.24. The topological polar surface area (TPSA) is 17.1 Å². The molecule has 0 radical (unpaired) electrons. The van der Waals surface area contributed by atoms with E-state index < -0.39 is 7.26 Å². The van der Waals surface area contributed by atoms with Gasteiger partial charge in [-0.1, -0.05) is 55.5 Å². The van der Waals surface area contributed by atoms with Crippen LogP contribution in [0.2, 0.25) is 0 Å². The highest BCUT2D eigenvalue weighted by Gasteiger charge is 2.45. The van der Waals surface area contributed by atoms with E-state index in [9.17, 15) is 4.79 Å². The number of carbonyl (C=O) groups excluding carboxylic acids is 1. The van der Waals surface area contributed by atoms with Crippen LogP contribution in [0, 0.1) is 0 Å². The largest absolute Gasteiger partial charge is 0.299 e. The minimum atomic E-state index is -1.76. The smallest absolute Gasteiger partial charge is 0.140 e. The SMILES string of the molecule is C[C@@H]1C(=O)CCC[P+](c2ccccc2)(c2ccccc2)c2cccc1c2. The van der Waals surface area contributed by atoms with Gasteiger partial charge in [0, 0.05) is 12.3 Å². The van der Waals surface area contributed by atoms with E-state index in [1.807, 2.05) is 0 Å². The zero-order valence-electron chi connectivity index (χ0n) is 15.1. The molecule has 1 heterocycles. The highest BCUT2D eigenvalue weighted by molar-refractivity contribution is 7.95. The van der Waals surface area contributed by atoms with E-state index in [0.717, 1.165) is 18.1 Å². The number of hydrogen-bond acceptors (Lipinski definition) is 1. The lowest BCUT2D eigenvalue weighted by atomic mass is 9.94. The standard InChI is InChI=1S/C24H24OP/c1-19-20-10-8-15-23(18-20)26(17-9-16-24(19)25,21-11-4-2-5-12-21)22-13-6-3-7-14-22/h2-8,10-15,18-19H,9,16-17H2,1H3/q+1/t19-/m0/s1. The Morgan fingerprint density at radius 1 is 0.769 bits per heavy atom. The number of hydrogen-bond donors (Lipinski definition) is 0. The first-order valence-corrected chi connectivity index (χ1v) is 11.3. The molecule has 1 atom stereocenters. The van der Waals surface area contributed by atoms with Gasteiger partial charge in [-0.25, -0.2) is 0 Å². The summed E-state index contributed by atoms with van der Waals surface area (Å²) < 4.78 is 0. The minimum Gasteiger partial charge on any atom is -0.299 e. The molecule has 0 N–H and O–H groups in total. The third kappa shape index (κ3) is 2.91. The molecule has 2 bridgehead atoms. The second kappa shape index (κ2) is 7.17. The van der Waals surface area contributed by atoms with Crippen molar-refractivity contribution in [2.24, 2.45) is 0 Å². The summed E-state index contributed by atoms with van der Waals surface area (Å²) in [4.78, 5) is 12.6. The Balaban J connectivity index is 2.01. The first kappa shape index (κ1) is 17.2. The fourth-order valence-corrected chi connectivity index (χ4v) is 8.50. The van der Waals surface area contributed by atoms with Crippen LogP contribution in [0.4, 0.5) is 0 Å². The maximum atomic E-state index is 12.6. The Morgan fingerprint density at radius 2 is 1.35 bits per heavy atom. The van der Waals surface area contributed by atoms with Gasteiger partial charge in [0.2, 0.25) is 0 Å². The van der Waals surface area contributed by atoms with Crippen molar-refractivity contribution in [3.63, 3.8) is 0 Å². The lowest BCUT2D eigenvalue weighted by Crippen LogP contribution is -2.33. The average molecular weight is 359 g/mol. The molecule has 130 valence electrons. The molecular formula is C24H24OP+. The molecule has 4 rings (SSSR count). The maximum Gasteiger partial charge on any atom is 0.140 e. The van der Waals surface area contributed by atoms with E-state index in [1.165, 1.54) is 15.9 Å². The number of rotatable bonds is 2. The molecule has 3 aromatic rings. The molecule has 0 aromatic heterocycles. The summed E-state index contributed by atoms with van der Waals surface area (Å²) in [6.45, 7) is 2.05. The summed E-state index contributed by atoms with van der Waals surface area (Å²) in [6, 6.07) is 30.7. The van der Waals surface area contributed by atoms with Crippen molar-refractivity contribution in [3.8, 4) is 0 Å². The van der Waals surface area contributed by atoms with Crippen molar-refractivity contribution in [2.75, 3.05) is 6.16 Å². The van der Waals surface area contributed by atoms with Crippen molar-refractivity contribution < 1.29 is 4.79 Å².